The van der Waals surface area contributed by atoms with Crippen molar-refractivity contribution in [2.24, 2.45) is 0 Å². The van der Waals surface area contributed by atoms with Crippen molar-refractivity contribution in [3.05, 3.63) is 29.8 Å². The van der Waals surface area contributed by atoms with Gasteiger partial charge in [-0.2, -0.15) is 0 Å². The molecule has 5 nitrogen and oxygen atoms in total. The molecular formula is C14H19N3O2. The minimum atomic E-state index is -0.669. The van der Waals surface area contributed by atoms with Gasteiger partial charge in [-0.1, -0.05) is 18.2 Å². The maximum Gasteiger partial charge on any atom is 0.246 e. The second-order valence-corrected chi connectivity index (χ2v) is 5.31. The first-order chi connectivity index (χ1) is 8.91. The minimum Gasteiger partial charge on any atom is -0.399 e. The molecule has 1 saturated heterocycles. The van der Waals surface area contributed by atoms with E-state index >= 15 is 0 Å². The summed E-state index contributed by atoms with van der Waals surface area (Å²) in [6, 6.07) is 7.65. The molecule has 0 bridgehead atoms. The van der Waals surface area contributed by atoms with Crippen LogP contribution in [0.25, 0.3) is 0 Å². The van der Waals surface area contributed by atoms with Gasteiger partial charge in [-0.05, 0) is 31.9 Å². The van der Waals surface area contributed by atoms with Gasteiger partial charge < -0.3 is 5.73 Å². The van der Waals surface area contributed by atoms with Crippen molar-refractivity contribution in [3.8, 4) is 0 Å². The Balaban J connectivity index is 2.08. The van der Waals surface area contributed by atoms with Gasteiger partial charge in [0.1, 0.15) is 0 Å². The van der Waals surface area contributed by atoms with Gasteiger partial charge in [-0.15, -0.1) is 0 Å². The monoisotopic (exact) mass is 261 g/mol. The Morgan fingerprint density at radius 3 is 2.68 bits per heavy atom. The van der Waals surface area contributed by atoms with Gasteiger partial charge in [0, 0.05) is 12.2 Å². The summed E-state index contributed by atoms with van der Waals surface area (Å²) < 4.78 is 0. The molecule has 1 aromatic rings. The Labute approximate surface area is 112 Å². The van der Waals surface area contributed by atoms with Crippen molar-refractivity contribution >= 4 is 17.5 Å². The van der Waals surface area contributed by atoms with Crippen LogP contribution >= 0.6 is 0 Å². The highest BCUT2D eigenvalue weighted by molar-refractivity contribution is 6.02. The SMILES string of the molecule is CC1(C)C(=O)NC(=O)CN1CCc1ccccc1N. The number of hydrogen-bond donors (Lipinski definition) is 2. The number of imide groups is 1. The van der Waals surface area contributed by atoms with Gasteiger partial charge in [0.05, 0.1) is 12.1 Å². The number of carbonyl (C=O) groups is 2. The quantitative estimate of drug-likeness (QED) is 0.615. The van der Waals surface area contributed by atoms with Crippen LogP contribution in [0.1, 0.15) is 19.4 Å². The number of nitrogen functional groups attached to an aromatic ring is 1. The van der Waals surface area contributed by atoms with E-state index in [1.54, 1.807) is 0 Å². The molecule has 0 spiro atoms. The van der Waals surface area contributed by atoms with E-state index in [0.717, 1.165) is 17.7 Å². The van der Waals surface area contributed by atoms with Crippen molar-refractivity contribution in [1.82, 2.24) is 10.2 Å². The van der Waals surface area contributed by atoms with Crippen LogP contribution in [0.2, 0.25) is 0 Å². The first-order valence-electron chi connectivity index (χ1n) is 6.34. The van der Waals surface area contributed by atoms with Crippen LogP contribution in [0, 0.1) is 0 Å². The first-order valence-corrected chi connectivity index (χ1v) is 6.34. The molecule has 1 aromatic carbocycles. The number of piperazine rings is 1. The van der Waals surface area contributed by atoms with E-state index in [1.807, 2.05) is 43.0 Å². The number of anilines is 1. The van der Waals surface area contributed by atoms with E-state index < -0.39 is 5.54 Å². The molecule has 102 valence electrons. The number of benzene rings is 1. The van der Waals surface area contributed by atoms with Crippen molar-refractivity contribution in [2.45, 2.75) is 25.8 Å². The summed E-state index contributed by atoms with van der Waals surface area (Å²) in [5.74, 6) is -0.491. The standard InChI is InChI=1S/C14H19N3O2/c1-14(2)13(19)16-12(18)9-17(14)8-7-10-5-3-4-6-11(10)15/h3-6H,7-9,15H2,1-2H3,(H,16,18,19). The topological polar surface area (TPSA) is 75.4 Å². The maximum atomic E-state index is 11.8. The van der Waals surface area contributed by atoms with Crippen LogP contribution in [0.4, 0.5) is 5.69 Å². The molecular weight excluding hydrogens is 242 g/mol. The summed E-state index contributed by atoms with van der Waals surface area (Å²) in [6.07, 6.45) is 0.719. The average Bonchev–Trinajstić information content (AvgIpc) is 2.34. The number of hydrogen-bond acceptors (Lipinski definition) is 4. The van der Waals surface area contributed by atoms with E-state index in [4.69, 9.17) is 5.73 Å². The summed E-state index contributed by atoms with van der Waals surface area (Å²) in [6.45, 7) is 4.51. The first kappa shape index (κ1) is 13.5. The highest BCUT2D eigenvalue weighted by atomic mass is 16.2. The fraction of sp³-hybridized carbons (Fsp3) is 0.429. The lowest BCUT2D eigenvalue weighted by Crippen LogP contribution is -2.64. The molecule has 0 unspecified atom stereocenters. The molecule has 1 heterocycles. The lowest BCUT2D eigenvalue weighted by molar-refractivity contribution is -0.145. The van der Waals surface area contributed by atoms with Crippen molar-refractivity contribution in [1.29, 1.82) is 0 Å². The van der Waals surface area contributed by atoms with Crippen LogP contribution in [-0.4, -0.2) is 35.3 Å². The molecule has 0 aromatic heterocycles. The summed E-state index contributed by atoms with van der Waals surface area (Å²) in [5.41, 5.74) is 7.01. The highest BCUT2D eigenvalue weighted by Gasteiger charge is 2.40. The van der Waals surface area contributed by atoms with Crippen LogP contribution in [0.15, 0.2) is 24.3 Å². The van der Waals surface area contributed by atoms with Gasteiger partial charge >= 0.3 is 0 Å². The number of amides is 2. The zero-order valence-corrected chi connectivity index (χ0v) is 11.3. The summed E-state index contributed by atoms with van der Waals surface area (Å²) in [5, 5.41) is 2.36. The van der Waals surface area contributed by atoms with E-state index in [2.05, 4.69) is 5.32 Å². The van der Waals surface area contributed by atoms with E-state index in [0.29, 0.717) is 6.54 Å². The van der Waals surface area contributed by atoms with Crippen LogP contribution in [0.5, 0.6) is 0 Å². The molecule has 0 saturated carbocycles. The fourth-order valence-corrected chi connectivity index (χ4v) is 2.21. The van der Waals surface area contributed by atoms with Gasteiger partial charge in [0.15, 0.2) is 0 Å². The summed E-state index contributed by atoms with van der Waals surface area (Å²) >= 11 is 0. The Kier molecular flexibility index (Phi) is 3.57. The van der Waals surface area contributed by atoms with Crippen LogP contribution in [-0.2, 0) is 16.0 Å². The molecule has 2 amide bonds. The predicted octanol–water partition coefficient (Wildman–Crippen LogP) is 0.548. The Morgan fingerprint density at radius 2 is 2.00 bits per heavy atom. The number of nitrogens with one attached hydrogen (secondary N) is 1. The largest absolute Gasteiger partial charge is 0.399 e. The molecule has 2 rings (SSSR count). The van der Waals surface area contributed by atoms with Crippen LogP contribution < -0.4 is 11.1 Å². The molecule has 5 heteroatoms. The van der Waals surface area contributed by atoms with Gasteiger partial charge in [0.2, 0.25) is 11.8 Å². The molecule has 1 aliphatic heterocycles. The molecule has 0 aliphatic carbocycles. The summed E-state index contributed by atoms with van der Waals surface area (Å²) in [4.78, 5) is 25.2. The minimum absolute atomic E-state index is 0.242. The molecule has 3 N–H and O–H groups in total. The number of carbonyl (C=O) groups excluding carboxylic acids is 2. The third kappa shape index (κ3) is 2.76. The normalized spacial score (nSPS) is 19.3. The Bertz CT molecular complexity index is 511. The van der Waals surface area contributed by atoms with E-state index in [-0.39, 0.29) is 18.4 Å². The zero-order valence-electron chi connectivity index (χ0n) is 11.3. The number of nitrogens with two attached hydrogens (primary N) is 1. The third-order valence-corrected chi connectivity index (χ3v) is 3.64. The van der Waals surface area contributed by atoms with Crippen molar-refractivity contribution in [2.75, 3.05) is 18.8 Å². The second-order valence-electron chi connectivity index (χ2n) is 5.31. The molecule has 1 aliphatic rings. The average molecular weight is 261 g/mol. The molecule has 19 heavy (non-hydrogen) atoms. The number of rotatable bonds is 3. The summed E-state index contributed by atoms with van der Waals surface area (Å²) in [7, 11) is 0. The smallest absolute Gasteiger partial charge is 0.246 e. The predicted molar refractivity (Wildman–Crippen MR) is 73.4 cm³/mol. The van der Waals surface area contributed by atoms with E-state index in [9.17, 15) is 9.59 Å². The van der Waals surface area contributed by atoms with Gasteiger partial charge in [-0.3, -0.25) is 19.8 Å². The number of nitrogens with zero attached hydrogens (tertiary/aromatic N) is 1. The fourth-order valence-electron chi connectivity index (χ4n) is 2.21. The third-order valence-electron chi connectivity index (χ3n) is 3.64. The number of para-hydroxylation sites is 1. The maximum absolute atomic E-state index is 11.8. The van der Waals surface area contributed by atoms with Crippen molar-refractivity contribution in [3.63, 3.8) is 0 Å². The lowest BCUT2D eigenvalue weighted by atomic mass is 9.97. The zero-order chi connectivity index (χ0) is 14.0. The van der Waals surface area contributed by atoms with E-state index in [1.165, 1.54) is 0 Å². The molecule has 0 atom stereocenters. The Morgan fingerprint density at radius 1 is 1.32 bits per heavy atom. The highest BCUT2D eigenvalue weighted by Crippen LogP contribution is 2.20. The second kappa shape index (κ2) is 5.01. The van der Waals surface area contributed by atoms with Crippen molar-refractivity contribution < 1.29 is 9.59 Å². The van der Waals surface area contributed by atoms with Crippen LogP contribution in [0.3, 0.4) is 0 Å². The molecule has 1 fully saturated rings. The Hall–Kier alpha value is -1.88. The lowest BCUT2D eigenvalue weighted by Gasteiger charge is -2.40. The van der Waals surface area contributed by atoms with Gasteiger partial charge in [0.25, 0.3) is 0 Å². The molecule has 0 radical (unpaired) electrons. The van der Waals surface area contributed by atoms with Gasteiger partial charge in [-0.25, -0.2) is 0 Å².